The minimum Gasteiger partial charge on any atom is -0.361 e. The van der Waals surface area contributed by atoms with Gasteiger partial charge in [0.1, 0.15) is 0 Å². The molecule has 0 fully saturated rings. The summed E-state index contributed by atoms with van der Waals surface area (Å²) in [5, 5.41) is 2.44. The molecule has 0 aliphatic carbocycles. The predicted molar refractivity (Wildman–Crippen MR) is 58.3 cm³/mol. The molecule has 1 aromatic carbocycles. The fourth-order valence-corrected chi connectivity index (χ4v) is 1.93. The van der Waals surface area contributed by atoms with E-state index in [1.54, 1.807) is 0 Å². The molecular weight excluding hydrogens is 172 g/mol. The van der Waals surface area contributed by atoms with Crippen molar-refractivity contribution in [1.82, 2.24) is 9.97 Å². The first-order chi connectivity index (χ1) is 6.86. The SMILES string of the molecule is Cc1cc[nH]c2ccc3ccnc3c12. The van der Waals surface area contributed by atoms with Gasteiger partial charge >= 0.3 is 0 Å². The molecule has 0 radical (unpaired) electrons. The van der Waals surface area contributed by atoms with Gasteiger partial charge in [0.15, 0.2) is 0 Å². The van der Waals surface area contributed by atoms with Crippen LogP contribution in [0.5, 0.6) is 0 Å². The number of fused-ring (bicyclic) bond motifs is 3. The molecule has 3 aromatic rings. The van der Waals surface area contributed by atoms with Gasteiger partial charge in [-0.05, 0) is 30.7 Å². The van der Waals surface area contributed by atoms with Crippen LogP contribution in [0.3, 0.4) is 0 Å². The van der Waals surface area contributed by atoms with Crippen molar-refractivity contribution < 1.29 is 0 Å². The predicted octanol–water partition coefficient (Wildman–Crippen LogP) is 3.02. The summed E-state index contributed by atoms with van der Waals surface area (Å²) < 4.78 is 0. The molecule has 0 saturated carbocycles. The van der Waals surface area contributed by atoms with Crippen LogP contribution in [0.25, 0.3) is 21.8 Å². The van der Waals surface area contributed by atoms with E-state index in [2.05, 4.69) is 35.1 Å². The van der Waals surface area contributed by atoms with Crippen LogP contribution in [-0.4, -0.2) is 9.97 Å². The molecule has 68 valence electrons. The second-order valence-electron chi connectivity index (χ2n) is 3.53. The monoisotopic (exact) mass is 182 g/mol. The van der Waals surface area contributed by atoms with Crippen molar-refractivity contribution in [3.05, 3.63) is 42.2 Å². The first-order valence-electron chi connectivity index (χ1n) is 4.68. The van der Waals surface area contributed by atoms with E-state index >= 15 is 0 Å². The first kappa shape index (κ1) is 7.56. The number of hydrogen-bond acceptors (Lipinski definition) is 1. The normalized spacial score (nSPS) is 11.2. The molecule has 14 heavy (non-hydrogen) atoms. The maximum atomic E-state index is 4.39. The lowest BCUT2D eigenvalue weighted by atomic mass is 10.1. The number of nitrogens with one attached hydrogen (secondary N) is 1. The maximum absolute atomic E-state index is 4.39. The van der Waals surface area contributed by atoms with E-state index in [1.165, 1.54) is 16.3 Å². The van der Waals surface area contributed by atoms with Crippen LogP contribution in [0.15, 0.2) is 36.7 Å². The Balaban J connectivity index is 2.67. The lowest BCUT2D eigenvalue weighted by Gasteiger charge is -2.02. The van der Waals surface area contributed by atoms with Crippen molar-refractivity contribution in [2.45, 2.75) is 6.92 Å². The maximum Gasteiger partial charge on any atom is 0.0798 e. The number of aryl methyl sites for hydroxylation is 1. The number of hydrogen-bond donors (Lipinski definition) is 1. The third-order valence-electron chi connectivity index (χ3n) is 2.63. The van der Waals surface area contributed by atoms with Gasteiger partial charge in [-0.2, -0.15) is 0 Å². The lowest BCUT2D eigenvalue weighted by Crippen LogP contribution is -1.83. The van der Waals surface area contributed by atoms with Crippen LogP contribution < -0.4 is 0 Å². The van der Waals surface area contributed by atoms with E-state index in [1.807, 2.05) is 18.5 Å². The molecule has 0 saturated heterocycles. The quantitative estimate of drug-likeness (QED) is 0.568. The molecule has 3 rings (SSSR count). The Morgan fingerprint density at radius 3 is 3.00 bits per heavy atom. The Bertz CT molecular complexity index is 608. The number of aromatic nitrogens is 2. The highest BCUT2D eigenvalue weighted by atomic mass is 14.7. The van der Waals surface area contributed by atoms with Gasteiger partial charge in [0, 0.05) is 28.7 Å². The van der Waals surface area contributed by atoms with Gasteiger partial charge in [-0.25, -0.2) is 0 Å². The summed E-state index contributed by atoms with van der Waals surface area (Å²) in [5.74, 6) is 0. The molecule has 0 amide bonds. The Hall–Kier alpha value is -1.83. The van der Waals surface area contributed by atoms with Gasteiger partial charge in [-0.1, -0.05) is 6.07 Å². The zero-order chi connectivity index (χ0) is 9.54. The average Bonchev–Trinajstić information content (AvgIpc) is 2.65. The highest BCUT2D eigenvalue weighted by Gasteiger charge is 2.03. The molecule has 2 aromatic heterocycles. The van der Waals surface area contributed by atoms with Crippen LogP contribution >= 0.6 is 0 Å². The zero-order valence-electron chi connectivity index (χ0n) is 7.91. The summed E-state index contributed by atoms with van der Waals surface area (Å²) in [4.78, 5) is 7.62. The lowest BCUT2D eigenvalue weighted by molar-refractivity contribution is 1.37. The summed E-state index contributed by atoms with van der Waals surface area (Å²) in [7, 11) is 0. The molecule has 1 N–H and O–H groups in total. The summed E-state index contributed by atoms with van der Waals surface area (Å²) >= 11 is 0. The average molecular weight is 182 g/mol. The molecule has 0 bridgehead atoms. The minimum atomic E-state index is 1.09. The summed E-state index contributed by atoms with van der Waals surface area (Å²) in [6, 6.07) is 8.32. The van der Waals surface area contributed by atoms with Crippen LogP contribution in [-0.2, 0) is 0 Å². The molecule has 0 unspecified atom stereocenters. The molecule has 0 spiro atoms. The second-order valence-corrected chi connectivity index (χ2v) is 3.53. The van der Waals surface area contributed by atoms with Gasteiger partial charge in [0.25, 0.3) is 0 Å². The highest BCUT2D eigenvalue weighted by Crippen LogP contribution is 2.24. The third-order valence-corrected chi connectivity index (χ3v) is 2.63. The van der Waals surface area contributed by atoms with Crippen LogP contribution in [0.4, 0.5) is 0 Å². The van der Waals surface area contributed by atoms with Gasteiger partial charge < -0.3 is 4.98 Å². The van der Waals surface area contributed by atoms with Gasteiger partial charge in [0.2, 0.25) is 0 Å². The summed E-state index contributed by atoms with van der Waals surface area (Å²) in [6.45, 7) is 2.12. The molecule has 2 nitrogen and oxygen atoms in total. The number of benzene rings is 1. The zero-order valence-corrected chi connectivity index (χ0v) is 7.91. The molecule has 0 atom stereocenters. The summed E-state index contributed by atoms with van der Waals surface area (Å²) in [5.41, 5.74) is 3.51. The molecular formula is C12H10N2. The topological polar surface area (TPSA) is 28.7 Å². The van der Waals surface area contributed by atoms with Crippen LogP contribution in [0.2, 0.25) is 0 Å². The van der Waals surface area contributed by atoms with Crippen LogP contribution in [0.1, 0.15) is 5.56 Å². The third kappa shape index (κ3) is 0.880. The van der Waals surface area contributed by atoms with E-state index in [4.69, 9.17) is 0 Å². The standard InChI is InChI=1S/C12H10N2/c1-8-4-6-13-10-3-2-9-5-7-14-12(9)11(8)10/h2-7,13H,1H3. The number of aromatic amines is 1. The van der Waals surface area contributed by atoms with E-state index in [0.717, 1.165) is 11.0 Å². The van der Waals surface area contributed by atoms with E-state index in [9.17, 15) is 0 Å². The smallest absolute Gasteiger partial charge is 0.0798 e. The first-order valence-corrected chi connectivity index (χ1v) is 4.68. The number of nitrogens with zero attached hydrogens (tertiary/aromatic N) is 1. The van der Waals surface area contributed by atoms with Crippen molar-refractivity contribution in [3.63, 3.8) is 0 Å². The fraction of sp³-hybridized carbons (Fsp3) is 0.0833. The molecule has 2 heterocycles. The number of rotatable bonds is 0. The van der Waals surface area contributed by atoms with E-state index in [0.29, 0.717) is 0 Å². The highest BCUT2D eigenvalue weighted by molar-refractivity contribution is 6.05. The van der Waals surface area contributed by atoms with Crippen LogP contribution in [0, 0.1) is 6.92 Å². The largest absolute Gasteiger partial charge is 0.361 e. The van der Waals surface area contributed by atoms with E-state index in [-0.39, 0.29) is 0 Å². The Kier molecular flexibility index (Phi) is 1.39. The molecule has 0 aliphatic heterocycles. The van der Waals surface area contributed by atoms with Crippen molar-refractivity contribution in [2.24, 2.45) is 0 Å². The Morgan fingerprint density at radius 2 is 2.07 bits per heavy atom. The number of H-pyrrole nitrogens is 1. The van der Waals surface area contributed by atoms with Crippen molar-refractivity contribution in [2.75, 3.05) is 0 Å². The van der Waals surface area contributed by atoms with Gasteiger partial charge in [-0.3, -0.25) is 4.98 Å². The molecule has 2 heteroatoms. The van der Waals surface area contributed by atoms with Gasteiger partial charge in [0.05, 0.1) is 5.52 Å². The van der Waals surface area contributed by atoms with Gasteiger partial charge in [-0.15, -0.1) is 0 Å². The van der Waals surface area contributed by atoms with Crippen molar-refractivity contribution in [3.8, 4) is 0 Å². The summed E-state index contributed by atoms with van der Waals surface area (Å²) in [6.07, 6.45) is 3.82. The number of pyridine rings is 1. The second kappa shape index (κ2) is 2.58. The molecule has 0 aliphatic rings. The Morgan fingerprint density at radius 1 is 1.14 bits per heavy atom. The van der Waals surface area contributed by atoms with E-state index < -0.39 is 0 Å². The fourth-order valence-electron chi connectivity index (χ4n) is 1.93. The minimum absolute atomic E-state index is 1.09. The van der Waals surface area contributed by atoms with Crippen molar-refractivity contribution in [1.29, 1.82) is 0 Å². The van der Waals surface area contributed by atoms with Crippen molar-refractivity contribution >= 4 is 21.8 Å². The Labute approximate surface area is 81.6 Å².